The summed E-state index contributed by atoms with van der Waals surface area (Å²) in [6, 6.07) is 0. The number of nitrogens with two attached hydrogens (primary N) is 1. The summed E-state index contributed by atoms with van der Waals surface area (Å²) in [5.41, 5.74) is 5.05. The van der Waals surface area contributed by atoms with Crippen LogP contribution in [0.2, 0.25) is 0 Å². The van der Waals surface area contributed by atoms with E-state index in [9.17, 15) is 4.79 Å². The summed E-state index contributed by atoms with van der Waals surface area (Å²) < 4.78 is 7.63. The highest BCUT2D eigenvalue weighted by atomic mass is 16.5. The smallest absolute Gasteiger partial charge is 0.293 e. The van der Waals surface area contributed by atoms with E-state index in [1.807, 2.05) is 39.5 Å². The average Bonchev–Trinajstić information content (AvgIpc) is 2.35. The molecule has 1 unspecified atom stereocenters. The molecule has 0 radical (unpaired) electrons. The molecule has 6 heteroatoms. The molecule has 118 valence electrons. The third kappa shape index (κ3) is 3.44. The van der Waals surface area contributed by atoms with Crippen molar-refractivity contribution in [2.24, 2.45) is 5.73 Å². The molecule has 1 atom stereocenters. The molecule has 1 saturated heterocycles. The number of morpholine rings is 1. The van der Waals surface area contributed by atoms with Gasteiger partial charge in [0.1, 0.15) is 0 Å². The molecule has 1 aromatic heterocycles. The zero-order valence-corrected chi connectivity index (χ0v) is 13.6. The molecular formula is C15H26N4O2. The van der Waals surface area contributed by atoms with Crippen molar-refractivity contribution in [3.8, 4) is 0 Å². The molecule has 0 amide bonds. The lowest BCUT2D eigenvalue weighted by molar-refractivity contribution is -0.0791. The fourth-order valence-electron chi connectivity index (χ4n) is 2.73. The van der Waals surface area contributed by atoms with Gasteiger partial charge in [-0.3, -0.25) is 4.79 Å². The summed E-state index contributed by atoms with van der Waals surface area (Å²) in [5.74, 6) is 0.474. The first-order valence-corrected chi connectivity index (χ1v) is 7.35. The fraction of sp³-hybridized carbons (Fsp3) is 0.733. The van der Waals surface area contributed by atoms with E-state index in [1.165, 1.54) is 0 Å². The topological polar surface area (TPSA) is 73.4 Å². The number of hydrogen-bond donors (Lipinski definition) is 1. The molecule has 6 nitrogen and oxygen atoms in total. The lowest BCUT2D eigenvalue weighted by Gasteiger charge is -2.42. The van der Waals surface area contributed by atoms with Crippen molar-refractivity contribution in [2.45, 2.75) is 51.9 Å². The Morgan fingerprint density at radius 3 is 2.71 bits per heavy atom. The van der Waals surface area contributed by atoms with Gasteiger partial charge in [-0.25, -0.2) is 4.98 Å². The molecule has 2 N–H and O–H groups in total. The van der Waals surface area contributed by atoms with Crippen LogP contribution in [0.15, 0.2) is 17.2 Å². The van der Waals surface area contributed by atoms with Crippen LogP contribution in [0, 0.1) is 0 Å². The van der Waals surface area contributed by atoms with Gasteiger partial charge in [-0.1, -0.05) is 0 Å². The van der Waals surface area contributed by atoms with Crippen molar-refractivity contribution in [1.29, 1.82) is 0 Å². The highest BCUT2D eigenvalue weighted by Crippen LogP contribution is 2.23. The van der Waals surface area contributed by atoms with E-state index >= 15 is 0 Å². The molecule has 0 saturated carbocycles. The van der Waals surface area contributed by atoms with E-state index in [-0.39, 0.29) is 22.8 Å². The van der Waals surface area contributed by atoms with Gasteiger partial charge in [0.05, 0.1) is 11.7 Å². The van der Waals surface area contributed by atoms with Crippen LogP contribution in [-0.2, 0) is 10.3 Å². The van der Waals surface area contributed by atoms with Crippen LogP contribution in [0.1, 0.15) is 34.6 Å². The van der Waals surface area contributed by atoms with Gasteiger partial charge in [0.25, 0.3) is 5.56 Å². The standard InChI is InChI=1S/C15H26N4O2/c1-14(2,3)19-7-6-17-12(13(19)20)18-9-11(8-16)21-15(4,5)10-18/h6-7,11H,8-10,16H2,1-5H3. The Morgan fingerprint density at radius 2 is 2.14 bits per heavy atom. The summed E-state index contributed by atoms with van der Waals surface area (Å²) in [4.78, 5) is 19.0. The maximum atomic E-state index is 12.7. The van der Waals surface area contributed by atoms with E-state index in [2.05, 4.69) is 4.98 Å². The number of aromatic nitrogens is 2. The number of anilines is 1. The van der Waals surface area contributed by atoms with Crippen LogP contribution in [0.25, 0.3) is 0 Å². The van der Waals surface area contributed by atoms with E-state index in [4.69, 9.17) is 10.5 Å². The Hall–Kier alpha value is -1.40. The lowest BCUT2D eigenvalue weighted by atomic mass is 10.0. The molecule has 21 heavy (non-hydrogen) atoms. The summed E-state index contributed by atoms with van der Waals surface area (Å²) in [7, 11) is 0. The highest BCUT2D eigenvalue weighted by Gasteiger charge is 2.34. The third-order valence-corrected chi connectivity index (χ3v) is 3.59. The predicted octanol–water partition coefficient (Wildman–Crippen LogP) is 0.941. The number of nitrogens with zero attached hydrogens (tertiary/aromatic N) is 3. The molecular weight excluding hydrogens is 268 g/mol. The molecule has 0 aliphatic carbocycles. The van der Waals surface area contributed by atoms with Gasteiger partial charge >= 0.3 is 0 Å². The first-order valence-electron chi connectivity index (χ1n) is 7.35. The summed E-state index contributed by atoms with van der Waals surface area (Å²) in [6.45, 7) is 11.7. The molecule has 0 aromatic carbocycles. The second-order valence-electron chi connectivity index (χ2n) is 7.21. The number of hydrogen-bond acceptors (Lipinski definition) is 5. The maximum Gasteiger partial charge on any atom is 0.293 e. The zero-order chi connectivity index (χ0) is 15.8. The monoisotopic (exact) mass is 294 g/mol. The van der Waals surface area contributed by atoms with Crippen molar-refractivity contribution >= 4 is 5.82 Å². The second kappa shape index (κ2) is 5.42. The van der Waals surface area contributed by atoms with Crippen LogP contribution in [0.4, 0.5) is 5.82 Å². The predicted molar refractivity (Wildman–Crippen MR) is 83.7 cm³/mol. The lowest BCUT2D eigenvalue weighted by Crippen LogP contribution is -2.56. The van der Waals surface area contributed by atoms with E-state index in [1.54, 1.807) is 17.0 Å². The van der Waals surface area contributed by atoms with Gasteiger partial charge in [-0.15, -0.1) is 0 Å². The first kappa shape index (κ1) is 16.0. The van der Waals surface area contributed by atoms with Crippen LogP contribution >= 0.6 is 0 Å². The second-order valence-corrected chi connectivity index (χ2v) is 7.21. The van der Waals surface area contributed by atoms with Crippen LogP contribution < -0.4 is 16.2 Å². The van der Waals surface area contributed by atoms with Crippen molar-refractivity contribution in [1.82, 2.24) is 9.55 Å². The van der Waals surface area contributed by atoms with Gasteiger partial charge in [0.15, 0.2) is 5.82 Å². The van der Waals surface area contributed by atoms with E-state index < -0.39 is 0 Å². The third-order valence-electron chi connectivity index (χ3n) is 3.59. The molecule has 2 heterocycles. The minimum absolute atomic E-state index is 0.0709. The maximum absolute atomic E-state index is 12.7. The van der Waals surface area contributed by atoms with Crippen molar-refractivity contribution < 1.29 is 4.74 Å². The van der Waals surface area contributed by atoms with Crippen LogP contribution in [0.3, 0.4) is 0 Å². The molecule has 0 spiro atoms. The Morgan fingerprint density at radius 1 is 1.48 bits per heavy atom. The van der Waals surface area contributed by atoms with Crippen LogP contribution in [0.5, 0.6) is 0 Å². The molecule has 1 aliphatic rings. The van der Waals surface area contributed by atoms with E-state index in [0.717, 1.165) is 0 Å². The van der Waals surface area contributed by atoms with Gasteiger partial charge in [0.2, 0.25) is 0 Å². The highest BCUT2D eigenvalue weighted by molar-refractivity contribution is 5.37. The van der Waals surface area contributed by atoms with Crippen molar-refractivity contribution in [3.63, 3.8) is 0 Å². The normalized spacial score (nSPS) is 22.4. The molecule has 1 aliphatic heterocycles. The Balaban J connectivity index is 2.40. The van der Waals surface area contributed by atoms with Gasteiger partial charge in [0, 0.05) is 37.6 Å². The SMILES string of the molecule is CC1(C)CN(c2nccn(C(C)(C)C)c2=O)CC(CN)O1. The summed E-state index contributed by atoms with van der Waals surface area (Å²) in [5, 5.41) is 0. The Bertz CT molecular complexity index is 560. The quantitative estimate of drug-likeness (QED) is 0.879. The summed E-state index contributed by atoms with van der Waals surface area (Å²) >= 11 is 0. The largest absolute Gasteiger partial charge is 0.367 e. The minimum atomic E-state index is -0.348. The zero-order valence-electron chi connectivity index (χ0n) is 13.6. The fourth-order valence-corrected chi connectivity index (χ4v) is 2.73. The van der Waals surface area contributed by atoms with Crippen molar-refractivity contribution in [2.75, 3.05) is 24.5 Å². The number of rotatable bonds is 2. The molecule has 2 rings (SSSR count). The molecule has 1 aromatic rings. The van der Waals surface area contributed by atoms with Crippen molar-refractivity contribution in [3.05, 3.63) is 22.7 Å². The molecule has 0 bridgehead atoms. The minimum Gasteiger partial charge on any atom is -0.367 e. The van der Waals surface area contributed by atoms with Crippen LogP contribution in [-0.4, -0.2) is 40.9 Å². The average molecular weight is 294 g/mol. The Labute approximate surface area is 125 Å². The summed E-state index contributed by atoms with van der Waals surface area (Å²) in [6.07, 6.45) is 3.33. The van der Waals surface area contributed by atoms with Gasteiger partial charge in [-0.2, -0.15) is 0 Å². The molecule has 1 fully saturated rings. The van der Waals surface area contributed by atoms with E-state index in [0.29, 0.717) is 25.5 Å². The first-order chi connectivity index (χ1) is 9.64. The van der Waals surface area contributed by atoms with Gasteiger partial charge < -0.3 is 19.9 Å². The Kier molecular flexibility index (Phi) is 4.13. The van der Waals surface area contributed by atoms with Gasteiger partial charge in [-0.05, 0) is 34.6 Å². The number of ether oxygens (including phenoxy) is 1.